The zero-order chi connectivity index (χ0) is 23.0. The van der Waals surface area contributed by atoms with Crippen molar-refractivity contribution in [2.45, 2.75) is 19.3 Å². The van der Waals surface area contributed by atoms with Crippen LogP contribution in [0.25, 0.3) is 0 Å². The Bertz CT molecular complexity index is 1210. The van der Waals surface area contributed by atoms with Gasteiger partial charge >= 0.3 is 6.18 Å². The first kappa shape index (κ1) is 21.4. The van der Waals surface area contributed by atoms with Crippen LogP contribution in [0.4, 0.5) is 17.6 Å². The van der Waals surface area contributed by atoms with E-state index in [1.807, 2.05) is 0 Å². The third kappa shape index (κ3) is 4.14. The summed E-state index contributed by atoms with van der Waals surface area (Å²) in [4.78, 5) is 25.7. The molecule has 32 heavy (non-hydrogen) atoms. The number of primary amides is 1. The van der Waals surface area contributed by atoms with E-state index in [4.69, 9.17) is 10.5 Å². The number of benzene rings is 3. The third-order valence-electron chi connectivity index (χ3n) is 5.07. The van der Waals surface area contributed by atoms with E-state index in [2.05, 4.69) is 0 Å². The second kappa shape index (κ2) is 7.99. The molecule has 0 spiro atoms. The number of carbonyl (C=O) groups excluding carboxylic acids is 2. The predicted molar refractivity (Wildman–Crippen MR) is 106 cm³/mol. The molecule has 0 fully saturated rings. The summed E-state index contributed by atoms with van der Waals surface area (Å²) in [5.74, 6) is -2.47. The Balaban J connectivity index is 1.56. The SMILES string of the molecule is NC(=O)c1ccc(CN2Cc3cccc(Oc4ccc(C(F)(F)F)cc4F)c3C2=O)cc1. The lowest BCUT2D eigenvalue weighted by molar-refractivity contribution is -0.137. The van der Waals surface area contributed by atoms with Gasteiger partial charge in [0.15, 0.2) is 11.6 Å². The first-order valence-electron chi connectivity index (χ1n) is 9.48. The van der Waals surface area contributed by atoms with Crippen molar-refractivity contribution in [1.82, 2.24) is 4.90 Å². The topological polar surface area (TPSA) is 72.6 Å². The molecule has 9 heteroatoms. The summed E-state index contributed by atoms with van der Waals surface area (Å²) in [7, 11) is 0. The molecule has 3 aromatic rings. The molecule has 0 radical (unpaired) electrons. The second-order valence-corrected chi connectivity index (χ2v) is 7.26. The van der Waals surface area contributed by atoms with Gasteiger partial charge in [-0.1, -0.05) is 24.3 Å². The molecule has 0 unspecified atom stereocenters. The molecule has 1 heterocycles. The van der Waals surface area contributed by atoms with Gasteiger partial charge in [0, 0.05) is 18.7 Å². The van der Waals surface area contributed by atoms with Crippen LogP contribution < -0.4 is 10.5 Å². The van der Waals surface area contributed by atoms with Crippen molar-refractivity contribution in [2.24, 2.45) is 5.73 Å². The monoisotopic (exact) mass is 444 g/mol. The highest BCUT2D eigenvalue weighted by Gasteiger charge is 2.33. The van der Waals surface area contributed by atoms with Gasteiger partial charge in [-0.25, -0.2) is 4.39 Å². The summed E-state index contributed by atoms with van der Waals surface area (Å²) >= 11 is 0. The Kier molecular flexibility index (Phi) is 5.33. The fourth-order valence-electron chi connectivity index (χ4n) is 3.47. The van der Waals surface area contributed by atoms with Crippen molar-refractivity contribution in [3.63, 3.8) is 0 Å². The minimum absolute atomic E-state index is 0.0535. The van der Waals surface area contributed by atoms with Crippen LogP contribution in [0.5, 0.6) is 11.5 Å². The fraction of sp³-hybridized carbons (Fsp3) is 0.130. The minimum Gasteiger partial charge on any atom is -0.453 e. The molecule has 5 nitrogen and oxygen atoms in total. The van der Waals surface area contributed by atoms with Gasteiger partial charge in [-0.2, -0.15) is 13.2 Å². The van der Waals surface area contributed by atoms with Crippen LogP contribution in [0.1, 0.15) is 37.4 Å². The molecule has 164 valence electrons. The maximum atomic E-state index is 14.2. The highest BCUT2D eigenvalue weighted by atomic mass is 19.4. The number of amides is 2. The first-order chi connectivity index (χ1) is 15.1. The first-order valence-corrected chi connectivity index (χ1v) is 9.48. The predicted octanol–water partition coefficient (Wildman–Crippen LogP) is 4.89. The van der Waals surface area contributed by atoms with E-state index in [0.29, 0.717) is 23.3 Å². The number of nitrogens with two attached hydrogens (primary N) is 1. The van der Waals surface area contributed by atoms with E-state index in [9.17, 15) is 27.2 Å². The number of hydrogen-bond acceptors (Lipinski definition) is 3. The Morgan fingerprint density at radius 2 is 1.75 bits per heavy atom. The molecule has 0 atom stereocenters. The number of ether oxygens (including phenoxy) is 1. The van der Waals surface area contributed by atoms with Gasteiger partial charge in [-0.05, 0) is 47.5 Å². The molecule has 2 N–H and O–H groups in total. The molecule has 1 aliphatic rings. The Morgan fingerprint density at radius 1 is 1.03 bits per heavy atom. The molecule has 0 saturated carbocycles. The van der Waals surface area contributed by atoms with E-state index < -0.39 is 29.2 Å². The molecule has 1 aliphatic heterocycles. The van der Waals surface area contributed by atoms with Gasteiger partial charge < -0.3 is 15.4 Å². The van der Waals surface area contributed by atoms with Crippen LogP contribution in [-0.4, -0.2) is 16.7 Å². The number of alkyl halides is 3. The van der Waals surface area contributed by atoms with Crippen LogP contribution in [0.3, 0.4) is 0 Å². The maximum absolute atomic E-state index is 14.2. The number of rotatable bonds is 5. The van der Waals surface area contributed by atoms with E-state index in [1.54, 1.807) is 41.3 Å². The highest BCUT2D eigenvalue weighted by molar-refractivity contribution is 6.01. The molecule has 0 bridgehead atoms. The summed E-state index contributed by atoms with van der Waals surface area (Å²) in [5.41, 5.74) is 6.08. The number of fused-ring (bicyclic) bond motifs is 1. The summed E-state index contributed by atoms with van der Waals surface area (Å²) in [6, 6.07) is 13.2. The highest BCUT2D eigenvalue weighted by Crippen LogP contribution is 2.37. The Labute approximate surface area is 180 Å². The summed E-state index contributed by atoms with van der Waals surface area (Å²) in [5, 5.41) is 0. The van der Waals surface area contributed by atoms with Crippen LogP contribution in [0.2, 0.25) is 0 Å². The average molecular weight is 444 g/mol. The Morgan fingerprint density at radius 3 is 2.38 bits per heavy atom. The van der Waals surface area contributed by atoms with Crippen molar-refractivity contribution in [2.75, 3.05) is 0 Å². The number of carbonyl (C=O) groups is 2. The van der Waals surface area contributed by atoms with Gasteiger partial charge in [0.05, 0.1) is 11.1 Å². The minimum atomic E-state index is -4.68. The number of halogens is 4. The van der Waals surface area contributed by atoms with Crippen molar-refractivity contribution in [3.05, 3.63) is 94.3 Å². The molecular weight excluding hydrogens is 428 g/mol. The number of nitrogens with zero attached hydrogens (tertiary/aromatic N) is 1. The van der Waals surface area contributed by atoms with Gasteiger partial charge in [0.25, 0.3) is 5.91 Å². The fourth-order valence-corrected chi connectivity index (χ4v) is 3.47. The largest absolute Gasteiger partial charge is 0.453 e. The smallest absolute Gasteiger partial charge is 0.416 e. The van der Waals surface area contributed by atoms with Crippen molar-refractivity contribution < 1.29 is 31.9 Å². The van der Waals surface area contributed by atoms with E-state index >= 15 is 0 Å². The van der Waals surface area contributed by atoms with E-state index in [0.717, 1.165) is 11.6 Å². The molecule has 0 aromatic heterocycles. The molecule has 4 rings (SSSR count). The maximum Gasteiger partial charge on any atom is 0.416 e. The van der Waals surface area contributed by atoms with E-state index in [1.165, 1.54) is 6.07 Å². The normalized spacial score (nSPS) is 13.2. The quantitative estimate of drug-likeness (QED) is 0.570. The zero-order valence-corrected chi connectivity index (χ0v) is 16.4. The Hall–Kier alpha value is -3.88. The van der Waals surface area contributed by atoms with Crippen molar-refractivity contribution >= 4 is 11.8 Å². The molecule has 0 aliphatic carbocycles. The van der Waals surface area contributed by atoms with Gasteiger partial charge in [-0.15, -0.1) is 0 Å². The summed E-state index contributed by atoms with van der Waals surface area (Å²) in [6.07, 6.45) is -4.68. The van der Waals surface area contributed by atoms with Crippen molar-refractivity contribution in [1.29, 1.82) is 0 Å². The van der Waals surface area contributed by atoms with Crippen LogP contribution in [0.15, 0.2) is 60.7 Å². The van der Waals surface area contributed by atoms with Crippen molar-refractivity contribution in [3.8, 4) is 11.5 Å². The lowest BCUT2D eigenvalue weighted by atomic mass is 10.1. The zero-order valence-electron chi connectivity index (χ0n) is 16.4. The standard InChI is InChI=1S/C23H16F4N2O3/c24-17-10-16(23(25,26)27)8-9-18(17)32-19-3-1-2-15-12-29(22(31)20(15)19)11-13-4-6-14(7-5-13)21(28)30/h1-10H,11-12H2,(H2,28,30). The lowest BCUT2D eigenvalue weighted by Crippen LogP contribution is -2.23. The molecule has 2 amide bonds. The van der Waals surface area contributed by atoms with E-state index in [-0.39, 0.29) is 30.3 Å². The van der Waals surface area contributed by atoms with Gasteiger partial charge in [0.1, 0.15) is 5.75 Å². The van der Waals surface area contributed by atoms with Crippen LogP contribution in [0, 0.1) is 5.82 Å². The molecule has 0 saturated heterocycles. The molecular formula is C23H16F4N2O3. The van der Waals surface area contributed by atoms with Crippen LogP contribution in [-0.2, 0) is 19.3 Å². The average Bonchev–Trinajstić information content (AvgIpc) is 3.05. The van der Waals surface area contributed by atoms with Gasteiger partial charge in [-0.3, -0.25) is 9.59 Å². The molecule has 3 aromatic carbocycles. The lowest BCUT2D eigenvalue weighted by Gasteiger charge is -2.16. The summed E-state index contributed by atoms with van der Waals surface area (Å²) in [6.45, 7) is 0.527. The summed E-state index contributed by atoms with van der Waals surface area (Å²) < 4.78 is 58.0. The van der Waals surface area contributed by atoms with Crippen LogP contribution >= 0.6 is 0 Å². The second-order valence-electron chi connectivity index (χ2n) is 7.26. The third-order valence-corrected chi connectivity index (χ3v) is 5.07. The van der Waals surface area contributed by atoms with Gasteiger partial charge in [0.2, 0.25) is 5.91 Å². The number of hydrogen-bond donors (Lipinski definition) is 1.